The van der Waals surface area contributed by atoms with E-state index < -0.39 is 5.82 Å². The fourth-order valence-electron chi connectivity index (χ4n) is 3.60. The lowest BCUT2D eigenvalue weighted by molar-refractivity contribution is -0.121. The first-order valence-electron chi connectivity index (χ1n) is 10.1. The predicted molar refractivity (Wildman–Crippen MR) is 113 cm³/mol. The SMILES string of the molecule is Cn1nccc1C(=O)N1CCC(C(=O)Nc2ccc(Oc3ccccc3F)cc2)CC1. The molecule has 1 N–H and O–H groups in total. The molecule has 4 rings (SSSR count). The van der Waals surface area contributed by atoms with Crippen LogP contribution in [0.2, 0.25) is 0 Å². The Bertz CT molecular complexity index is 1070. The monoisotopic (exact) mass is 422 g/mol. The largest absolute Gasteiger partial charge is 0.454 e. The molecule has 1 fully saturated rings. The van der Waals surface area contributed by atoms with Gasteiger partial charge in [-0.05, 0) is 55.3 Å². The van der Waals surface area contributed by atoms with Gasteiger partial charge in [0.2, 0.25) is 5.91 Å². The maximum absolute atomic E-state index is 13.7. The van der Waals surface area contributed by atoms with E-state index in [9.17, 15) is 14.0 Å². The van der Waals surface area contributed by atoms with Crippen LogP contribution in [0.5, 0.6) is 11.5 Å². The number of hydrogen-bond acceptors (Lipinski definition) is 4. The van der Waals surface area contributed by atoms with E-state index >= 15 is 0 Å². The van der Waals surface area contributed by atoms with Gasteiger partial charge in [0, 0.05) is 37.9 Å². The van der Waals surface area contributed by atoms with Crippen LogP contribution < -0.4 is 10.1 Å². The topological polar surface area (TPSA) is 76.5 Å². The molecule has 1 aromatic heterocycles. The molecule has 0 unspecified atom stereocenters. The Hall–Kier alpha value is -3.68. The lowest BCUT2D eigenvalue weighted by Gasteiger charge is -2.31. The molecule has 1 aliphatic rings. The van der Waals surface area contributed by atoms with Crippen molar-refractivity contribution in [2.45, 2.75) is 12.8 Å². The first-order chi connectivity index (χ1) is 15.0. The van der Waals surface area contributed by atoms with Crippen molar-refractivity contribution in [1.29, 1.82) is 0 Å². The van der Waals surface area contributed by atoms with Crippen molar-refractivity contribution in [2.24, 2.45) is 13.0 Å². The van der Waals surface area contributed by atoms with Crippen molar-refractivity contribution in [3.05, 3.63) is 72.3 Å². The zero-order chi connectivity index (χ0) is 21.8. The number of nitrogens with one attached hydrogen (secondary N) is 1. The number of carbonyl (C=O) groups excluding carboxylic acids is 2. The number of likely N-dealkylation sites (tertiary alicyclic amines) is 1. The van der Waals surface area contributed by atoms with Gasteiger partial charge in [0.1, 0.15) is 11.4 Å². The standard InChI is InChI=1S/C23H23FN4O3/c1-27-20(10-13-25-27)23(30)28-14-11-16(12-15-28)22(29)26-17-6-8-18(9-7-17)31-21-5-3-2-4-19(21)24/h2-10,13,16H,11-12,14-15H2,1H3,(H,26,29). The third-order valence-corrected chi connectivity index (χ3v) is 5.38. The molecule has 1 aliphatic heterocycles. The third kappa shape index (κ3) is 4.74. The van der Waals surface area contributed by atoms with Gasteiger partial charge in [-0.25, -0.2) is 4.39 Å². The van der Waals surface area contributed by atoms with Crippen LogP contribution in [0.3, 0.4) is 0 Å². The van der Waals surface area contributed by atoms with Crippen molar-refractivity contribution >= 4 is 17.5 Å². The minimum atomic E-state index is -0.437. The highest BCUT2D eigenvalue weighted by Crippen LogP contribution is 2.26. The molecule has 8 heteroatoms. The lowest BCUT2D eigenvalue weighted by atomic mass is 9.95. The number of hydrogen-bond donors (Lipinski definition) is 1. The summed E-state index contributed by atoms with van der Waals surface area (Å²) in [5.74, 6) is -0.116. The van der Waals surface area contributed by atoms with Gasteiger partial charge in [0.25, 0.3) is 5.91 Å². The van der Waals surface area contributed by atoms with E-state index in [1.807, 2.05) is 0 Å². The number of anilines is 1. The fraction of sp³-hybridized carbons (Fsp3) is 0.261. The Kier molecular flexibility index (Phi) is 5.97. The van der Waals surface area contributed by atoms with Crippen molar-refractivity contribution in [3.63, 3.8) is 0 Å². The van der Waals surface area contributed by atoms with Crippen LogP contribution >= 0.6 is 0 Å². The normalized spacial score (nSPS) is 14.3. The van der Waals surface area contributed by atoms with Crippen LogP contribution in [-0.2, 0) is 11.8 Å². The highest BCUT2D eigenvalue weighted by atomic mass is 19.1. The summed E-state index contributed by atoms with van der Waals surface area (Å²) in [6, 6.07) is 14.7. The minimum absolute atomic E-state index is 0.0655. The number of benzene rings is 2. The minimum Gasteiger partial charge on any atom is -0.454 e. The first kappa shape index (κ1) is 20.6. The number of rotatable bonds is 5. The molecule has 0 saturated carbocycles. The number of para-hydroxylation sites is 1. The molecule has 0 aliphatic carbocycles. The van der Waals surface area contributed by atoms with Gasteiger partial charge in [-0.3, -0.25) is 14.3 Å². The molecule has 0 atom stereocenters. The Morgan fingerprint density at radius 2 is 1.77 bits per heavy atom. The smallest absolute Gasteiger partial charge is 0.272 e. The summed E-state index contributed by atoms with van der Waals surface area (Å²) in [6.07, 6.45) is 2.80. The molecule has 3 aromatic rings. The Morgan fingerprint density at radius 1 is 1.06 bits per heavy atom. The van der Waals surface area contributed by atoms with Crippen LogP contribution in [0.4, 0.5) is 10.1 Å². The molecule has 2 heterocycles. The Balaban J connectivity index is 1.29. The third-order valence-electron chi connectivity index (χ3n) is 5.38. The van der Waals surface area contributed by atoms with Crippen LogP contribution in [0.25, 0.3) is 0 Å². The molecule has 0 bridgehead atoms. The summed E-state index contributed by atoms with van der Waals surface area (Å²) in [5.41, 5.74) is 1.18. The number of aryl methyl sites for hydroxylation is 1. The molecule has 0 radical (unpaired) electrons. The average molecular weight is 422 g/mol. The van der Waals surface area contributed by atoms with Gasteiger partial charge in [0.05, 0.1) is 0 Å². The summed E-state index contributed by atoms with van der Waals surface area (Å²) < 4.78 is 20.8. The van der Waals surface area contributed by atoms with Crippen LogP contribution in [0.15, 0.2) is 60.8 Å². The van der Waals surface area contributed by atoms with E-state index in [1.165, 1.54) is 6.07 Å². The van der Waals surface area contributed by atoms with E-state index in [0.29, 0.717) is 43.1 Å². The van der Waals surface area contributed by atoms with Gasteiger partial charge < -0.3 is 15.0 Å². The van der Waals surface area contributed by atoms with Gasteiger partial charge in [-0.2, -0.15) is 5.10 Å². The molecule has 2 aromatic carbocycles. The maximum atomic E-state index is 13.7. The second kappa shape index (κ2) is 8.99. The summed E-state index contributed by atoms with van der Waals surface area (Å²) in [6.45, 7) is 1.05. The molecular formula is C23H23FN4O3. The summed E-state index contributed by atoms with van der Waals surface area (Å²) in [5, 5.41) is 6.94. The molecule has 160 valence electrons. The molecular weight excluding hydrogens is 399 g/mol. The molecule has 2 amide bonds. The number of aromatic nitrogens is 2. The summed E-state index contributed by atoms with van der Waals surface area (Å²) >= 11 is 0. The van der Waals surface area contributed by atoms with Gasteiger partial charge in [-0.1, -0.05) is 12.1 Å². The van der Waals surface area contributed by atoms with Gasteiger partial charge in [-0.15, -0.1) is 0 Å². The van der Waals surface area contributed by atoms with E-state index in [4.69, 9.17) is 4.74 Å². The van der Waals surface area contributed by atoms with Gasteiger partial charge >= 0.3 is 0 Å². The predicted octanol–water partition coefficient (Wildman–Crippen LogP) is 3.84. The summed E-state index contributed by atoms with van der Waals surface area (Å²) in [4.78, 5) is 27.0. The first-order valence-corrected chi connectivity index (χ1v) is 10.1. The quantitative estimate of drug-likeness (QED) is 0.678. The van der Waals surface area contributed by atoms with Crippen molar-refractivity contribution in [1.82, 2.24) is 14.7 Å². The Morgan fingerprint density at radius 3 is 2.42 bits per heavy atom. The van der Waals surface area contributed by atoms with Crippen molar-refractivity contribution < 1.29 is 18.7 Å². The fourth-order valence-corrected chi connectivity index (χ4v) is 3.60. The number of carbonyl (C=O) groups is 2. The lowest BCUT2D eigenvalue weighted by Crippen LogP contribution is -2.42. The average Bonchev–Trinajstić information content (AvgIpc) is 3.22. The Labute approximate surface area is 179 Å². The number of ether oxygens (including phenoxy) is 1. The van der Waals surface area contributed by atoms with Crippen LogP contribution in [0, 0.1) is 11.7 Å². The van der Waals surface area contributed by atoms with E-state index in [2.05, 4.69) is 10.4 Å². The van der Waals surface area contributed by atoms with Gasteiger partial charge in [0.15, 0.2) is 11.6 Å². The second-order valence-corrected chi connectivity index (χ2v) is 7.45. The highest BCUT2D eigenvalue weighted by molar-refractivity contribution is 5.94. The number of nitrogens with zero attached hydrogens (tertiary/aromatic N) is 3. The zero-order valence-electron chi connectivity index (χ0n) is 17.1. The van der Waals surface area contributed by atoms with E-state index in [-0.39, 0.29) is 23.5 Å². The van der Waals surface area contributed by atoms with Crippen molar-refractivity contribution in [2.75, 3.05) is 18.4 Å². The second-order valence-electron chi connectivity index (χ2n) is 7.45. The molecule has 7 nitrogen and oxygen atoms in total. The molecule has 0 spiro atoms. The number of amides is 2. The number of halogens is 1. The molecule has 31 heavy (non-hydrogen) atoms. The maximum Gasteiger partial charge on any atom is 0.272 e. The zero-order valence-corrected chi connectivity index (χ0v) is 17.1. The van der Waals surface area contributed by atoms with Crippen LogP contribution in [-0.4, -0.2) is 39.6 Å². The van der Waals surface area contributed by atoms with E-state index in [1.54, 1.807) is 71.4 Å². The number of piperidine rings is 1. The van der Waals surface area contributed by atoms with E-state index in [0.717, 1.165) is 0 Å². The van der Waals surface area contributed by atoms with Crippen molar-refractivity contribution in [3.8, 4) is 11.5 Å². The molecule has 1 saturated heterocycles. The summed E-state index contributed by atoms with van der Waals surface area (Å²) in [7, 11) is 1.74. The van der Waals surface area contributed by atoms with Crippen LogP contribution in [0.1, 0.15) is 23.3 Å². The highest BCUT2D eigenvalue weighted by Gasteiger charge is 2.28.